The van der Waals surface area contributed by atoms with E-state index in [4.69, 9.17) is 18.7 Å². The molecule has 0 saturated carbocycles. The van der Waals surface area contributed by atoms with Crippen molar-refractivity contribution in [3.63, 3.8) is 0 Å². The van der Waals surface area contributed by atoms with Crippen molar-refractivity contribution in [1.29, 1.82) is 0 Å². The molecular weight excluding hydrogens is 631 g/mol. The van der Waals surface area contributed by atoms with Crippen LogP contribution in [0, 0.1) is 0 Å². The first kappa shape index (κ1) is 29.8. The summed E-state index contributed by atoms with van der Waals surface area (Å²) in [4.78, 5) is 13.5. The Kier molecular flexibility index (Phi) is 7.89. The molecule has 0 spiro atoms. The first-order valence-corrected chi connectivity index (χ1v) is 16.8. The van der Waals surface area contributed by atoms with E-state index in [0.29, 0.717) is 58.5 Å². The summed E-state index contributed by atoms with van der Waals surface area (Å²) in [6.45, 7) is 0.759. The number of thiophene rings is 1. The summed E-state index contributed by atoms with van der Waals surface area (Å²) in [7, 11) is -2.42. The van der Waals surface area contributed by atoms with E-state index in [2.05, 4.69) is 10.5 Å². The van der Waals surface area contributed by atoms with Gasteiger partial charge in [0.05, 0.1) is 30.2 Å². The number of carbonyl (C=O) groups excluding carboxylic acids is 1. The molecule has 3 aliphatic heterocycles. The average molecular weight is 660 g/mol. The SMILES string of the molecule is COc1ccc2cc1OCCCNC(=O)c1cc(ccc1O)Oc1ccc3c(c1)CCN(S(=O)(=O)c1ccc(-c4ccon4)s1)C23. The molecule has 11 nitrogen and oxygen atoms in total. The molecular formula is C33H29N3O8S2. The number of hydrogen-bond donors (Lipinski definition) is 2. The Labute approximate surface area is 269 Å². The number of aromatic nitrogens is 1. The van der Waals surface area contributed by atoms with Gasteiger partial charge in [-0.25, -0.2) is 8.42 Å². The van der Waals surface area contributed by atoms with Crippen molar-refractivity contribution in [3.05, 3.63) is 101 Å². The number of sulfonamides is 1. The molecule has 3 aliphatic rings. The fourth-order valence-corrected chi connectivity index (χ4v) is 8.72. The van der Waals surface area contributed by atoms with Crippen molar-refractivity contribution < 1.29 is 37.1 Å². The second kappa shape index (κ2) is 12.2. The van der Waals surface area contributed by atoms with Crippen molar-refractivity contribution in [3.8, 4) is 39.3 Å². The molecule has 0 aliphatic carbocycles. The van der Waals surface area contributed by atoms with Gasteiger partial charge >= 0.3 is 0 Å². The number of phenols is 1. The Hall–Kier alpha value is -4.85. The number of ether oxygens (including phenoxy) is 3. The lowest BCUT2D eigenvalue weighted by atomic mass is 9.89. The number of aromatic hydroxyl groups is 1. The van der Waals surface area contributed by atoms with Crippen molar-refractivity contribution in [1.82, 2.24) is 14.8 Å². The summed E-state index contributed by atoms with van der Waals surface area (Å²) in [5.41, 5.74) is 3.09. The molecule has 5 aromatic rings. The predicted octanol–water partition coefficient (Wildman–Crippen LogP) is 5.76. The molecule has 1 unspecified atom stereocenters. The maximum absolute atomic E-state index is 14.3. The van der Waals surface area contributed by atoms with E-state index in [1.807, 2.05) is 24.3 Å². The van der Waals surface area contributed by atoms with Crippen LogP contribution >= 0.6 is 11.3 Å². The molecule has 13 heteroatoms. The molecule has 0 radical (unpaired) electrons. The highest BCUT2D eigenvalue weighted by Crippen LogP contribution is 2.44. The van der Waals surface area contributed by atoms with Gasteiger partial charge in [-0.2, -0.15) is 4.31 Å². The molecule has 46 heavy (non-hydrogen) atoms. The van der Waals surface area contributed by atoms with Crippen LogP contribution in [0.1, 0.15) is 39.5 Å². The van der Waals surface area contributed by atoms with E-state index < -0.39 is 22.0 Å². The van der Waals surface area contributed by atoms with Gasteiger partial charge in [-0.3, -0.25) is 4.79 Å². The van der Waals surface area contributed by atoms with E-state index in [1.165, 1.54) is 22.7 Å². The van der Waals surface area contributed by atoms with Crippen LogP contribution in [0.4, 0.5) is 0 Å². The second-order valence-corrected chi connectivity index (χ2v) is 14.0. The molecule has 5 heterocycles. The van der Waals surface area contributed by atoms with Gasteiger partial charge in [0.25, 0.3) is 15.9 Å². The highest BCUT2D eigenvalue weighted by Gasteiger charge is 2.39. The number of nitrogens with one attached hydrogen (secondary N) is 1. The van der Waals surface area contributed by atoms with E-state index in [1.54, 1.807) is 43.5 Å². The first-order chi connectivity index (χ1) is 22.3. The number of rotatable bonds is 4. The number of nitrogens with zero attached hydrogens (tertiary/aromatic N) is 2. The molecule has 8 bridgehead atoms. The lowest BCUT2D eigenvalue weighted by Gasteiger charge is -2.36. The van der Waals surface area contributed by atoms with Crippen molar-refractivity contribution in [2.75, 3.05) is 26.8 Å². The highest BCUT2D eigenvalue weighted by atomic mass is 32.2. The molecule has 0 saturated heterocycles. The number of amides is 1. The monoisotopic (exact) mass is 659 g/mol. The molecule has 1 amide bonds. The Morgan fingerprint density at radius 2 is 1.89 bits per heavy atom. The third-order valence-corrected chi connectivity index (χ3v) is 11.4. The summed E-state index contributed by atoms with van der Waals surface area (Å²) in [5, 5.41) is 17.1. The zero-order chi connectivity index (χ0) is 31.8. The lowest BCUT2D eigenvalue weighted by Crippen LogP contribution is -2.40. The van der Waals surface area contributed by atoms with Crippen LogP contribution in [0.25, 0.3) is 10.6 Å². The van der Waals surface area contributed by atoms with Gasteiger partial charge in [0.15, 0.2) is 11.5 Å². The van der Waals surface area contributed by atoms with Gasteiger partial charge in [-0.1, -0.05) is 17.3 Å². The predicted molar refractivity (Wildman–Crippen MR) is 169 cm³/mol. The normalized spacial score (nSPS) is 16.9. The van der Waals surface area contributed by atoms with Gasteiger partial charge in [0, 0.05) is 19.2 Å². The van der Waals surface area contributed by atoms with Crippen LogP contribution < -0.4 is 19.5 Å². The number of fused-ring (bicyclic) bond motifs is 6. The molecule has 3 aromatic carbocycles. The molecule has 2 aromatic heterocycles. The average Bonchev–Trinajstić information content (AvgIpc) is 3.78. The lowest BCUT2D eigenvalue weighted by molar-refractivity contribution is 0.0948. The molecule has 8 rings (SSSR count). The van der Waals surface area contributed by atoms with Crippen LogP contribution in [-0.4, -0.2) is 55.7 Å². The number of hydrogen-bond acceptors (Lipinski definition) is 10. The third kappa shape index (κ3) is 5.57. The number of carbonyl (C=O) groups is 1. The topological polar surface area (TPSA) is 140 Å². The summed E-state index contributed by atoms with van der Waals surface area (Å²) in [5.74, 6) is 1.24. The summed E-state index contributed by atoms with van der Waals surface area (Å²) < 4.78 is 53.2. The Balaban J connectivity index is 1.33. The van der Waals surface area contributed by atoms with Gasteiger partial charge in [0.1, 0.15) is 33.4 Å². The van der Waals surface area contributed by atoms with Crippen LogP contribution in [0.3, 0.4) is 0 Å². The molecule has 236 valence electrons. The van der Waals surface area contributed by atoms with Crippen molar-refractivity contribution in [2.45, 2.75) is 23.1 Å². The van der Waals surface area contributed by atoms with Gasteiger partial charge in [-0.15, -0.1) is 11.3 Å². The Morgan fingerprint density at radius 3 is 2.72 bits per heavy atom. The maximum Gasteiger partial charge on any atom is 0.255 e. The number of phenolic OH excluding ortho intramolecular Hbond substituents is 1. The van der Waals surface area contributed by atoms with Crippen LogP contribution in [-0.2, 0) is 16.4 Å². The number of methoxy groups -OCH3 is 1. The summed E-state index contributed by atoms with van der Waals surface area (Å²) in [6.07, 6.45) is 2.36. The Morgan fingerprint density at radius 1 is 1.04 bits per heavy atom. The zero-order valence-electron chi connectivity index (χ0n) is 24.6. The van der Waals surface area contributed by atoms with Gasteiger partial charge in [-0.05, 0) is 84.1 Å². The fourth-order valence-electron chi connectivity index (χ4n) is 5.72. The largest absolute Gasteiger partial charge is 0.507 e. The van der Waals surface area contributed by atoms with Gasteiger partial charge < -0.3 is 29.2 Å². The molecule has 0 fully saturated rings. The molecule has 2 N–H and O–H groups in total. The fraction of sp³-hybridized carbons (Fsp3) is 0.212. The van der Waals surface area contributed by atoms with Crippen LogP contribution in [0.5, 0.6) is 28.7 Å². The zero-order valence-corrected chi connectivity index (χ0v) is 26.3. The quantitative estimate of drug-likeness (QED) is 0.247. The van der Waals surface area contributed by atoms with Crippen LogP contribution in [0.15, 0.2) is 87.8 Å². The highest BCUT2D eigenvalue weighted by molar-refractivity contribution is 7.91. The standard InChI is InChI=1S/C33H29N3O8S2/c1-41-28-8-3-21-18-29(28)42-15-2-13-34-33(38)25-19-23(5-7-27(25)37)44-22-4-6-24-20(17-22)11-14-36(32(21)24)46(39,40)31-10-9-30(45-31)26-12-16-43-35-26/h3-10,12,16-19,32,37H,2,11,13-15H2,1H3,(H,34,38). The van der Waals surface area contributed by atoms with E-state index in [9.17, 15) is 18.3 Å². The minimum atomic E-state index is -3.96. The number of benzene rings is 3. The van der Waals surface area contributed by atoms with Crippen LogP contribution in [0.2, 0.25) is 0 Å². The Bertz CT molecular complexity index is 2020. The maximum atomic E-state index is 14.3. The van der Waals surface area contributed by atoms with E-state index in [0.717, 1.165) is 22.5 Å². The van der Waals surface area contributed by atoms with E-state index >= 15 is 0 Å². The van der Waals surface area contributed by atoms with Crippen molar-refractivity contribution >= 4 is 27.3 Å². The van der Waals surface area contributed by atoms with E-state index in [-0.39, 0.29) is 28.7 Å². The van der Waals surface area contributed by atoms with Crippen molar-refractivity contribution in [2.24, 2.45) is 0 Å². The van der Waals surface area contributed by atoms with Gasteiger partial charge in [0.2, 0.25) is 0 Å². The smallest absolute Gasteiger partial charge is 0.255 e. The minimum absolute atomic E-state index is 0.0908. The first-order valence-electron chi connectivity index (χ1n) is 14.6. The minimum Gasteiger partial charge on any atom is -0.507 e. The third-order valence-electron chi connectivity index (χ3n) is 7.95. The summed E-state index contributed by atoms with van der Waals surface area (Å²) >= 11 is 1.14. The second-order valence-electron chi connectivity index (χ2n) is 10.8. The summed E-state index contributed by atoms with van der Waals surface area (Å²) in [6, 6.07) is 19.8. The molecule has 1 atom stereocenters.